The minimum Gasteiger partial charge on any atom is -0.394 e. The van der Waals surface area contributed by atoms with Gasteiger partial charge in [0.05, 0.1) is 19.2 Å². The van der Waals surface area contributed by atoms with E-state index >= 15 is 0 Å². The molecule has 0 saturated carbocycles. The van der Waals surface area contributed by atoms with E-state index in [2.05, 4.69) is 10.5 Å². The van der Waals surface area contributed by atoms with Crippen molar-refractivity contribution in [3.05, 3.63) is 17.5 Å². The van der Waals surface area contributed by atoms with E-state index in [1.54, 1.807) is 4.90 Å². The number of aromatic nitrogens is 1. The molecule has 0 aromatic carbocycles. The molecule has 20 heavy (non-hydrogen) atoms. The third-order valence-corrected chi connectivity index (χ3v) is 3.67. The number of piperidine rings is 1. The Balaban J connectivity index is 1.87. The number of carbonyl (C=O) groups is 1. The van der Waals surface area contributed by atoms with Crippen LogP contribution < -0.4 is 5.32 Å². The van der Waals surface area contributed by atoms with Crippen molar-refractivity contribution in [2.45, 2.75) is 51.6 Å². The van der Waals surface area contributed by atoms with Crippen LogP contribution in [0.1, 0.15) is 50.5 Å². The largest absolute Gasteiger partial charge is 0.394 e. The summed E-state index contributed by atoms with van der Waals surface area (Å²) in [5, 5.41) is 16.1. The van der Waals surface area contributed by atoms with Crippen molar-refractivity contribution < 1.29 is 14.4 Å². The van der Waals surface area contributed by atoms with Crippen molar-refractivity contribution in [1.82, 2.24) is 15.4 Å². The number of hydrogen-bond donors (Lipinski definition) is 2. The molecule has 1 fully saturated rings. The quantitative estimate of drug-likeness (QED) is 0.883. The van der Waals surface area contributed by atoms with Crippen molar-refractivity contribution in [2.75, 3.05) is 13.2 Å². The van der Waals surface area contributed by atoms with Crippen LogP contribution in [0.15, 0.2) is 10.6 Å². The zero-order valence-electron chi connectivity index (χ0n) is 12.1. The fourth-order valence-electron chi connectivity index (χ4n) is 2.41. The van der Waals surface area contributed by atoms with Crippen LogP contribution in [0.5, 0.6) is 0 Å². The van der Waals surface area contributed by atoms with Crippen LogP contribution >= 0.6 is 0 Å². The molecule has 0 aliphatic carbocycles. The highest BCUT2D eigenvalue weighted by Gasteiger charge is 2.25. The molecule has 2 N–H and O–H groups in total. The fourth-order valence-corrected chi connectivity index (χ4v) is 2.41. The predicted octanol–water partition coefficient (Wildman–Crippen LogP) is 1.85. The highest BCUT2D eigenvalue weighted by atomic mass is 16.5. The minimum absolute atomic E-state index is 0.0227. The Morgan fingerprint density at radius 2 is 2.40 bits per heavy atom. The topological polar surface area (TPSA) is 78.6 Å². The maximum absolute atomic E-state index is 12.1. The van der Waals surface area contributed by atoms with Gasteiger partial charge in [0.15, 0.2) is 0 Å². The van der Waals surface area contributed by atoms with Crippen LogP contribution in [0.3, 0.4) is 0 Å². The Morgan fingerprint density at radius 3 is 3.05 bits per heavy atom. The zero-order chi connectivity index (χ0) is 14.5. The lowest BCUT2D eigenvalue weighted by molar-refractivity contribution is 0.108. The first-order chi connectivity index (χ1) is 9.61. The minimum atomic E-state index is -0.141. The van der Waals surface area contributed by atoms with Crippen molar-refractivity contribution in [2.24, 2.45) is 0 Å². The molecule has 0 unspecified atom stereocenters. The van der Waals surface area contributed by atoms with Gasteiger partial charge in [-0.3, -0.25) is 0 Å². The first-order valence-corrected chi connectivity index (χ1v) is 7.22. The van der Waals surface area contributed by atoms with E-state index in [0.29, 0.717) is 13.1 Å². The lowest BCUT2D eigenvalue weighted by atomic mass is 10.0. The van der Waals surface area contributed by atoms with Crippen LogP contribution in [0.4, 0.5) is 4.79 Å². The Hall–Kier alpha value is -1.56. The van der Waals surface area contributed by atoms with Gasteiger partial charge in [-0.1, -0.05) is 19.0 Å². The van der Waals surface area contributed by atoms with Crippen molar-refractivity contribution >= 4 is 6.03 Å². The summed E-state index contributed by atoms with van der Waals surface area (Å²) in [6, 6.07) is 1.66. The summed E-state index contributed by atoms with van der Waals surface area (Å²) in [7, 11) is 0. The summed E-state index contributed by atoms with van der Waals surface area (Å²) >= 11 is 0. The summed E-state index contributed by atoms with van der Waals surface area (Å²) in [6.07, 6.45) is 2.92. The molecule has 1 aromatic heterocycles. The lowest BCUT2D eigenvalue weighted by Crippen LogP contribution is -2.49. The second-order valence-electron chi connectivity index (χ2n) is 5.56. The SMILES string of the molecule is CC(C)c1cc(CNC(=O)N2CCCC[C@@H]2CO)no1. The summed E-state index contributed by atoms with van der Waals surface area (Å²) in [6.45, 7) is 5.14. The van der Waals surface area contributed by atoms with Gasteiger partial charge in [0.25, 0.3) is 0 Å². The van der Waals surface area contributed by atoms with Gasteiger partial charge in [0, 0.05) is 18.5 Å². The molecular formula is C14H23N3O3. The number of urea groups is 1. The van der Waals surface area contributed by atoms with Gasteiger partial charge < -0.3 is 19.8 Å². The Labute approximate surface area is 119 Å². The van der Waals surface area contributed by atoms with Crippen molar-refractivity contribution in [3.63, 3.8) is 0 Å². The van der Waals surface area contributed by atoms with Gasteiger partial charge in [-0.15, -0.1) is 0 Å². The standard InChI is InChI=1S/C14H23N3O3/c1-10(2)13-7-11(16-20-13)8-15-14(19)17-6-4-3-5-12(17)9-18/h7,10,12,18H,3-6,8-9H2,1-2H3,(H,15,19)/t12-/m1/s1. The number of carbonyl (C=O) groups excluding carboxylic acids is 1. The number of nitrogens with one attached hydrogen (secondary N) is 1. The van der Waals surface area contributed by atoms with E-state index in [9.17, 15) is 9.90 Å². The molecular weight excluding hydrogens is 258 g/mol. The number of likely N-dealkylation sites (tertiary alicyclic amines) is 1. The maximum atomic E-state index is 12.1. The molecule has 6 nitrogen and oxygen atoms in total. The number of aliphatic hydroxyl groups is 1. The van der Waals surface area contributed by atoms with Crippen LogP contribution in [0.2, 0.25) is 0 Å². The molecule has 1 aliphatic rings. The second kappa shape index (κ2) is 6.74. The van der Waals surface area contributed by atoms with Gasteiger partial charge in [-0.2, -0.15) is 0 Å². The predicted molar refractivity (Wildman–Crippen MR) is 74.3 cm³/mol. The van der Waals surface area contributed by atoms with E-state index in [0.717, 1.165) is 30.7 Å². The first-order valence-electron chi connectivity index (χ1n) is 7.22. The zero-order valence-corrected chi connectivity index (χ0v) is 12.1. The third-order valence-electron chi connectivity index (χ3n) is 3.67. The Bertz CT molecular complexity index is 445. The molecule has 6 heteroatoms. The summed E-state index contributed by atoms with van der Waals surface area (Å²) in [4.78, 5) is 13.8. The van der Waals surface area contributed by atoms with E-state index in [1.165, 1.54) is 0 Å². The molecule has 2 amide bonds. The first kappa shape index (κ1) is 14.8. The van der Waals surface area contributed by atoms with Crippen LogP contribution in [-0.2, 0) is 6.54 Å². The summed E-state index contributed by atoms with van der Waals surface area (Å²) in [5.41, 5.74) is 0.722. The van der Waals surface area contributed by atoms with Crippen LogP contribution in [0.25, 0.3) is 0 Å². The van der Waals surface area contributed by atoms with Gasteiger partial charge in [-0.05, 0) is 19.3 Å². The van der Waals surface area contributed by atoms with Crippen molar-refractivity contribution in [1.29, 1.82) is 0 Å². The Morgan fingerprint density at radius 1 is 1.60 bits per heavy atom. The highest BCUT2D eigenvalue weighted by Crippen LogP contribution is 2.17. The Kier molecular flexibility index (Phi) is 5.00. The molecule has 0 radical (unpaired) electrons. The second-order valence-corrected chi connectivity index (χ2v) is 5.56. The molecule has 1 aliphatic heterocycles. The van der Waals surface area contributed by atoms with Crippen LogP contribution in [0, 0.1) is 0 Å². The summed E-state index contributed by atoms with van der Waals surface area (Å²) < 4.78 is 5.19. The third kappa shape index (κ3) is 3.50. The van der Waals surface area contributed by atoms with Crippen molar-refractivity contribution in [3.8, 4) is 0 Å². The summed E-state index contributed by atoms with van der Waals surface area (Å²) in [5.74, 6) is 1.10. The molecule has 1 atom stereocenters. The number of rotatable bonds is 4. The van der Waals surface area contributed by atoms with E-state index in [-0.39, 0.29) is 24.6 Å². The smallest absolute Gasteiger partial charge is 0.318 e. The molecule has 1 aromatic rings. The fraction of sp³-hybridized carbons (Fsp3) is 0.714. The number of hydrogen-bond acceptors (Lipinski definition) is 4. The normalized spacial score (nSPS) is 19.4. The average Bonchev–Trinajstić information content (AvgIpc) is 2.94. The van der Waals surface area contributed by atoms with Gasteiger partial charge >= 0.3 is 6.03 Å². The highest BCUT2D eigenvalue weighted by molar-refractivity contribution is 5.74. The average molecular weight is 281 g/mol. The lowest BCUT2D eigenvalue weighted by Gasteiger charge is -2.34. The van der Waals surface area contributed by atoms with Gasteiger partial charge in [0.2, 0.25) is 0 Å². The maximum Gasteiger partial charge on any atom is 0.318 e. The van der Waals surface area contributed by atoms with Crippen LogP contribution in [-0.4, -0.2) is 40.4 Å². The molecule has 1 saturated heterocycles. The molecule has 2 rings (SSSR count). The molecule has 0 spiro atoms. The van der Waals surface area contributed by atoms with E-state index in [4.69, 9.17) is 4.52 Å². The molecule has 112 valence electrons. The van der Waals surface area contributed by atoms with Gasteiger partial charge in [-0.25, -0.2) is 4.79 Å². The number of amides is 2. The number of nitrogens with zero attached hydrogens (tertiary/aromatic N) is 2. The number of aliphatic hydroxyl groups excluding tert-OH is 1. The molecule has 0 bridgehead atoms. The molecule has 2 heterocycles. The van der Waals surface area contributed by atoms with E-state index < -0.39 is 0 Å². The van der Waals surface area contributed by atoms with E-state index in [1.807, 2.05) is 19.9 Å². The monoisotopic (exact) mass is 281 g/mol. The van der Waals surface area contributed by atoms with Gasteiger partial charge in [0.1, 0.15) is 11.5 Å².